The highest BCUT2D eigenvalue weighted by Gasteiger charge is 2.11. The highest BCUT2D eigenvalue weighted by molar-refractivity contribution is 7.79. The van der Waals surface area contributed by atoms with Crippen LogP contribution in [0.1, 0.15) is 19.4 Å². The van der Waals surface area contributed by atoms with Crippen molar-refractivity contribution >= 4 is 12.6 Å². The van der Waals surface area contributed by atoms with E-state index in [1.54, 1.807) is 13.1 Å². The highest BCUT2D eigenvalue weighted by atomic mass is 32.1. The standard InChI is InChI=1S/C16H20N2O2S/c1-11(2)9-20-15-7-5-4-6-13(15)14-8-12(10-21)16(19)18(3)17-14/h4-8,11,21H,9-10H2,1-3H3. The third-order valence-electron chi connectivity index (χ3n) is 3.04. The van der Waals surface area contributed by atoms with Gasteiger partial charge in [0.2, 0.25) is 0 Å². The van der Waals surface area contributed by atoms with Crippen LogP contribution in [0.25, 0.3) is 11.3 Å². The number of thiol groups is 1. The Hall–Kier alpha value is -1.75. The summed E-state index contributed by atoms with van der Waals surface area (Å²) in [5.41, 5.74) is 2.12. The van der Waals surface area contributed by atoms with Gasteiger partial charge in [-0.15, -0.1) is 0 Å². The Labute approximate surface area is 130 Å². The van der Waals surface area contributed by atoms with Crippen LogP contribution in [0.15, 0.2) is 35.1 Å². The fraction of sp³-hybridized carbons (Fsp3) is 0.375. The number of aromatic nitrogens is 2. The van der Waals surface area contributed by atoms with Crippen molar-refractivity contribution in [1.82, 2.24) is 9.78 Å². The van der Waals surface area contributed by atoms with Crippen LogP contribution in [-0.4, -0.2) is 16.4 Å². The van der Waals surface area contributed by atoms with Crippen molar-refractivity contribution in [2.24, 2.45) is 13.0 Å². The number of para-hydroxylation sites is 1. The Morgan fingerprint density at radius 1 is 1.33 bits per heavy atom. The van der Waals surface area contributed by atoms with E-state index in [4.69, 9.17) is 4.74 Å². The first-order valence-electron chi connectivity index (χ1n) is 6.93. The van der Waals surface area contributed by atoms with Gasteiger partial charge in [-0.2, -0.15) is 17.7 Å². The Kier molecular flexibility index (Phi) is 5.07. The van der Waals surface area contributed by atoms with Gasteiger partial charge in [-0.1, -0.05) is 26.0 Å². The van der Waals surface area contributed by atoms with Crippen LogP contribution in [0.5, 0.6) is 5.75 Å². The molecule has 0 unspecified atom stereocenters. The first kappa shape index (κ1) is 15.6. The maximum absolute atomic E-state index is 11.9. The van der Waals surface area contributed by atoms with Gasteiger partial charge >= 0.3 is 0 Å². The smallest absolute Gasteiger partial charge is 0.270 e. The zero-order valence-corrected chi connectivity index (χ0v) is 13.4. The lowest BCUT2D eigenvalue weighted by Gasteiger charge is -2.13. The molecule has 0 aliphatic heterocycles. The Bertz CT molecular complexity index is 680. The SMILES string of the molecule is CC(C)COc1ccccc1-c1cc(CS)c(=O)n(C)n1. The molecule has 4 nitrogen and oxygen atoms in total. The molecule has 1 aromatic carbocycles. The molecule has 0 amide bonds. The summed E-state index contributed by atoms with van der Waals surface area (Å²) in [7, 11) is 1.65. The van der Waals surface area contributed by atoms with E-state index in [1.165, 1.54) is 4.68 Å². The number of aryl methyl sites for hydroxylation is 1. The topological polar surface area (TPSA) is 44.1 Å². The highest BCUT2D eigenvalue weighted by Crippen LogP contribution is 2.28. The molecule has 112 valence electrons. The van der Waals surface area contributed by atoms with Crippen molar-refractivity contribution in [3.63, 3.8) is 0 Å². The predicted molar refractivity (Wildman–Crippen MR) is 87.9 cm³/mol. The monoisotopic (exact) mass is 304 g/mol. The average Bonchev–Trinajstić information content (AvgIpc) is 2.48. The van der Waals surface area contributed by atoms with Crippen molar-refractivity contribution in [2.75, 3.05) is 6.61 Å². The predicted octanol–water partition coefficient (Wildman–Crippen LogP) is 2.91. The van der Waals surface area contributed by atoms with Gasteiger partial charge in [-0.05, 0) is 24.1 Å². The first-order valence-corrected chi connectivity index (χ1v) is 7.56. The van der Waals surface area contributed by atoms with E-state index in [1.807, 2.05) is 24.3 Å². The van der Waals surface area contributed by atoms with Crippen LogP contribution in [-0.2, 0) is 12.8 Å². The molecule has 0 atom stereocenters. The van der Waals surface area contributed by atoms with Gasteiger partial charge in [0.25, 0.3) is 5.56 Å². The lowest BCUT2D eigenvalue weighted by molar-refractivity contribution is 0.272. The molecule has 1 heterocycles. The van der Waals surface area contributed by atoms with Crippen molar-refractivity contribution < 1.29 is 4.74 Å². The minimum atomic E-state index is -0.116. The lowest BCUT2D eigenvalue weighted by atomic mass is 10.1. The van der Waals surface area contributed by atoms with Crippen molar-refractivity contribution in [3.8, 4) is 17.0 Å². The van der Waals surface area contributed by atoms with Crippen molar-refractivity contribution in [2.45, 2.75) is 19.6 Å². The van der Waals surface area contributed by atoms with E-state index < -0.39 is 0 Å². The Balaban J connectivity index is 2.47. The maximum Gasteiger partial charge on any atom is 0.270 e. The number of rotatable bonds is 5. The summed E-state index contributed by atoms with van der Waals surface area (Å²) in [5, 5.41) is 4.33. The maximum atomic E-state index is 11.9. The number of benzene rings is 1. The van der Waals surface area contributed by atoms with Crippen LogP contribution in [0.3, 0.4) is 0 Å². The molecule has 2 rings (SSSR count). The second-order valence-corrected chi connectivity index (χ2v) is 5.66. The first-order chi connectivity index (χ1) is 10.0. The minimum absolute atomic E-state index is 0.116. The molecular weight excluding hydrogens is 284 g/mol. The zero-order chi connectivity index (χ0) is 15.4. The summed E-state index contributed by atoms with van der Waals surface area (Å²) in [6.07, 6.45) is 0. The van der Waals surface area contributed by atoms with E-state index in [2.05, 4.69) is 31.6 Å². The lowest BCUT2D eigenvalue weighted by Crippen LogP contribution is -2.23. The summed E-state index contributed by atoms with van der Waals surface area (Å²) < 4.78 is 7.20. The fourth-order valence-electron chi connectivity index (χ4n) is 1.98. The second-order valence-electron chi connectivity index (χ2n) is 5.34. The number of ether oxygens (including phenoxy) is 1. The van der Waals surface area contributed by atoms with Crippen molar-refractivity contribution in [1.29, 1.82) is 0 Å². The number of hydrogen-bond acceptors (Lipinski definition) is 4. The third kappa shape index (κ3) is 3.67. The van der Waals surface area contributed by atoms with E-state index in [-0.39, 0.29) is 5.56 Å². The van der Waals surface area contributed by atoms with Crippen LogP contribution in [0, 0.1) is 5.92 Å². The molecule has 0 saturated heterocycles. The average molecular weight is 304 g/mol. The summed E-state index contributed by atoms with van der Waals surface area (Å²) in [4.78, 5) is 11.9. The molecule has 0 aliphatic rings. The molecular formula is C16H20N2O2S. The Morgan fingerprint density at radius 2 is 2.05 bits per heavy atom. The zero-order valence-electron chi connectivity index (χ0n) is 12.5. The van der Waals surface area contributed by atoms with Gasteiger partial charge in [0.1, 0.15) is 5.75 Å². The minimum Gasteiger partial charge on any atom is -0.493 e. The summed E-state index contributed by atoms with van der Waals surface area (Å²) >= 11 is 4.21. The van der Waals surface area contributed by atoms with Gasteiger partial charge in [0.15, 0.2) is 0 Å². The molecule has 1 aromatic heterocycles. The van der Waals surface area contributed by atoms with E-state index in [0.717, 1.165) is 17.0 Å². The molecule has 0 radical (unpaired) electrons. The van der Waals surface area contributed by atoms with E-state index in [0.29, 0.717) is 23.8 Å². The number of nitrogens with zero attached hydrogens (tertiary/aromatic N) is 2. The van der Waals surface area contributed by atoms with Gasteiger partial charge in [0.05, 0.1) is 12.3 Å². The van der Waals surface area contributed by atoms with E-state index >= 15 is 0 Å². The third-order valence-corrected chi connectivity index (χ3v) is 3.38. The Morgan fingerprint density at radius 3 is 2.71 bits per heavy atom. The molecule has 0 bridgehead atoms. The van der Waals surface area contributed by atoms with Gasteiger partial charge < -0.3 is 4.74 Å². The van der Waals surface area contributed by atoms with Crippen molar-refractivity contribution in [3.05, 3.63) is 46.2 Å². The normalized spacial score (nSPS) is 10.9. The van der Waals surface area contributed by atoms with Gasteiger partial charge in [0, 0.05) is 23.9 Å². The molecule has 2 aromatic rings. The molecule has 0 fully saturated rings. The molecule has 5 heteroatoms. The molecule has 0 N–H and O–H groups in total. The number of hydrogen-bond donors (Lipinski definition) is 1. The summed E-state index contributed by atoms with van der Waals surface area (Å²) in [6.45, 7) is 4.85. The molecule has 0 saturated carbocycles. The summed E-state index contributed by atoms with van der Waals surface area (Å²) in [5.74, 6) is 1.61. The van der Waals surface area contributed by atoms with Crippen LogP contribution >= 0.6 is 12.6 Å². The second kappa shape index (κ2) is 6.80. The largest absolute Gasteiger partial charge is 0.493 e. The quantitative estimate of drug-likeness (QED) is 0.864. The van der Waals surface area contributed by atoms with Gasteiger partial charge in [-0.25, -0.2) is 4.68 Å². The summed E-state index contributed by atoms with van der Waals surface area (Å²) in [6, 6.07) is 9.52. The van der Waals surface area contributed by atoms with E-state index in [9.17, 15) is 4.79 Å². The molecule has 21 heavy (non-hydrogen) atoms. The van der Waals surface area contributed by atoms with Crippen LogP contribution in [0.4, 0.5) is 0 Å². The van der Waals surface area contributed by atoms with Gasteiger partial charge in [-0.3, -0.25) is 4.79 Å². The van der Waals surface area contributed by atoms with Crippen LogP contribution < -0.4 is 10.3 Å². The molecule has 0 spiro atoms. The van der Waals surface area contributed by atoms with Crippen LogP contribution in [0.2, 0.25) is 0 Å². The fourth-order valence-corrected chi connectivity index (χ4v) is 2.20. The molecule has 0 aliphatic carbocycles.